The van der Waals surface area contributed by atoms with Crippen molar-refractivity contribution in [2.24, 2.45) is 0 Å². The van der Waals surface area contributed by atoms with Gasteiger partial charge in [0.15, 0.2) is 0 Å². The zero-order valence-electron chi connectivity index (χ0n) is 17.1. The van der Waals surface area contributed by atoms with Crippen LogP contribution in [0.3, 0.4) is 0 Å². The molecule has 0 saturated carbocycles. The van der Waals surface area contributed by atoms with Gasteiger partial charge in [0.2, 0.25) is 0 Å². The van der Waals surface area contributed by atoms with Crippen LogP contribution >= 0.6 is 0 Å². The summed E-state index contributed by atoms with van der Waals surface area (Å²) >= 11 is 0. The summed E-state index contributed by atoms with van der Waals surface area (Å²) in [5.41, 5.74) is 1.09. The number of fused-ring (bicyclic) bond motifs is 1. The van der Waals surface area contributed by atoms with Gasteiger partial charge in [-0.2, -0.15) is 0 Å². The molecule has 0 fully saturated rings. The van der Waals surface area contributed by atoms with Gasteiger partial charge in [-0.05, 0) is 68.1 Å². The Balaban J connectivity index is 1.62. The number of aryl methyl sites for hydroxylation is 1. The molecule has 0 unspecified atom stereocenters. The van der Waals surface area contributed by atoms with Gasteiger partial charge in [0.05, 0.1) is 5.56 Å². The third kappa shape index (κ3) is 5.92. The summed E-state index contributed by atoms with van der Waals surface area (Å²) in [5.74, 6) is -0.0820. The third-order valence-corrected chi connectivity index (χ3v) is 4.38. The Morgan fingerprint density at radius 2 is 1.62 bits per heavy atom. The number of rotatable bonds is 6. The van der Waals surface area contributed by atoms with Crippen LogP contribution in [0.1, 0.15) is 49.5 Å². The minimum absolute atomic E-state index is 0.198. The summed E-state index contributed by atoms with van der Waals surface area (Å²) in [7, 11) is 0. The molecule has 0 spiro atoms. The fourth-order valence-electron chi connectivity index (χ4n) is 3.16. The van der Waals surface area contributed by atoms with Crippen molar-refractivity contribution in [3.63, 3.8) is 0 Å². The molecule has 0 saturated heterocycles. The first-order valence-corrected chi connectivity index (χ1v) is 9.82. The highest BCUT2D eigenvalue weighted by Crippen LogP contribution is 2.22. The average molecular weight is 390 g/mol. The van der Waals surface area contributed by atoms with E-state index in [0.717, 1.165) is 16.3 Å². The first-order valence-electron chi connectivity index (χ1n) is 9.82. The van der Waals surface area contributed by atoms with Crippen LogP contribution in [0.5, 0.6) is 5.75 Å². The van der Waals surface area contributed by atoms with Crippen molar-refractivity contribution in [3.05, 3.63) is 77.9 Å². The zero-order chi connectivity index (χ0) is 20.9. The summed E-state index contributed by atoms with van der Waals surface area (Å²) in [6, 6.07) is 20.8. The highest BCUT2D eigenvalue weighted by atomic mass is 16.6. The standard InChI is InChI=1S/C25H26O4/c1-25(2,3)29-23(26)16-7-10-18-9-6-13-20(17-18)28-24(27)22-15-8-12-19-11-4-5-14-21(19)22/h4-6,8-9,11-15,17H,7,10,16H2,1-3H3. The van der Waals surface area contributed by atoms with Gasteiger partial charge in [-0.25, -0.2) is 4.79 Å². The minimum Gasteiger partial charge on any atom is -0.460 e. The van der Waals surface area contributed by atoms with Crippen LogP contribution in [-0.2, 0) is 16.0 Å². The molecule has 0 amide bonds. The van der Waals surface area contributed by atoms with Crippen LogP contribution < -0.4 is 4.74 Å². The lowest BCUT2D eigenvalue weighted by molar-refractivity contribution is -0.154. The van der Waals surface area contributed by atoms with Gasteiger partial charge in [0.1, 0.15) is 11.4 Å². The molecule has 0 aliphatic heterocycles. The number of ether oxygens (including phenoxy) is 2. The Labute approximate surface area is 171 Å². The molecule has 29 heavy (non-hydrogen) atoms. The Bertz CT molecular complexity index is 1010. The summed E-state index contributed by atoms with van der Waals surface area (Å²) in [6.07, 6.45) is 1.74. The van der Waals surface area contributed by atoms with E-state index in [1.54, 1.807) is 12.1 Å². The van der Waals surface area contributed by atoms with E-state index in [2.05, 4.69) is 0 Å². The quantitative estimate of drug-likeness (QED) is 0.399. The van der Waals surface area contributed by atoms with E-state index < -0.39 is 5.60 Å². The Hall–Kier alpha value is -3.14. The third-order valence-electron chi connectivity index (χ3n) is 4.38. The maximum Gasteiger partial charge on any atom is 0.344 e. The SMILES string of the molecule is CC(C)(C)OC(=O)CCCc1cccc(OC(=O)c2cccc3ccccc23)c1. The molecule has 4 nitrogen and oxygen atoms in total. The Kier molecular flexibility index (Phi) is 6.32. The lowest BCUT2D eigenvalue weighted by Gasteiger charge is -2.19. The van der Waals surface area contributed by atoms with Gasteiger partial charge in [-0.15, -0.1) is 0 Å². The first kappa shape index (κ1) is 20.6. The molecule has 0 N–H and O–H groups in total. The van der Waals surface area contributed by atoms with E-state index in [9.17, 15) is 9.59 Å². The van der Waals surface area contributed by atoms with Crippen molar-refractivity contribution >= 4 is 22.7 Å². The second-order valence-corrected chi connectivity index (χ2v) is 8.00. The second kappa shape index (κ2) is 8.91. The smallest absolute Gasteiger partial charge is 0.344 e. The molecule has 0 radical (unpaired) electrons. The molecule has 0 atom stereocenters. The summed E-state index contributed by atoms with van der Waals surface area (Å²) in [6.45, 7) is 5.58. The predicted molar refractivity (Wildman–Crippen MR) is 114 cm³/mol. The summed E-state index contributed by atoms with van der Waals surface area (Å²) < 4.78 is 10.9. The molecule has 0 aliphatic rings. The van der Waals surface area contributed by atoms with Crippen LogP contribution in [0.2, 0.25) is 0 Å². The number of hydrogen-bond donors (Lipinski definition) is 0. The molecule has 4 heteroatoms. The Morgan fingerprint density at radius 3 is 2.41 bits per heavy atom. The molecule has 0 aromatic heterocycles. The number of benzene rings is 3. The van der Waals surface area contributed by atoms with Crippen molar-refractivity contribution in [1.29, 1.82) is 0 Å². The fourth-order valence-corrected chi connectivity index (χ4v) is 3.16. The molecule has 0 aliphatic carbocycles. The average Bonchev–Trinajstić information content (AvgIpc) is 2.66. The lowest BCUT2D eigenvalue weighted by atomic mass is 10.0. The van der Waals surface area contributed by atoms with E-state index in [1.165, 1.54) is 0 Å². The van der Waals surface area contributed by atoms with Crippen molar-refractivity contribution in [1.82, 2.24) is 0 Å². The largest absolute Gasteiger partial charge is 0.460 e. The summed E-state index contributed by atoms with van der Waals surface area (Å²) in [4.78, 5) is 24.5. The topological polar surface area (TPSA) is 52.6 Å². The van der Waals surface area contributed by atoms with Gasteiger partial charge >= 0.3 is 11.9 Å². The Morgan fingerprint density at radius 1 is 0.897 bits per heavy atom. The molecule has 3 aromatic rings. The number of carbonyl (C=O) groups is 2. The molecule has 0 heterocycles. The molecule has 150 valence electrons. The van der Waals surface area contributed by atoms with Crippen molar-refractivity contribution in [2.75, 3.05) is 0 Å². The lowest BCUT2D eigenvalue weighted by Crippen LogP contribution is -2.23. The monoisotopic (exact) mass is 390 g/mol. The maximum atomic E-state index is 12.7. The van der Waals surface area contributed by atoms with Gasteiger partial charge < -0.3 is 9.47 Å². The van der Waals surface area contributed by atoms with Gasteiger partial charge in [-0.3, -0.25) is 4.79 Å². The van der Waals surface area contributed by atoms with E-state index in [1.807, 2.05) is 75.4 Å². The van der Waals surface area contributed by atoms with Crippen LogP contribution in [0.4, 0.5) is 0 Å². The van der Waals surface area contributed by atoms with Gasteiger partial charge in [0.25, 0.3) is 0 Å². The highest BCUT2D eigenvalue weighted by Gasteiger charge is 2.16. The van der Waals surface area contributed by atoms with E-state index in [0.29, 0.717) is 30.6 Å². The van der Waals surface area contributed by atoms with Crippen LogP contribution in [-0.4, -0.2) is 17.5 Å². The van der Waals surface area contributed by atoms with E-state index >= 15 is 0 Å². The van der Waals surface area contributed by atoms with Crippen LogP contribution in [0, 0.1) is 0 Å². The minimum atomic E-state index is -0.465. The maximum absolute atomic E-state index is 12.7. The van der Waals surface area contributed by atoms with Crippen molar-refractivity contribution < 1.29 is 19.1 Å². The molecule has 0 bridgehead atoms. The molecule has 3 rings (SSSR count). The molecular formula is C25H26O4. The second-order valence-electron chi connectivity index (χ2n) is 8.00. The number of esters is 2. The number of carbonyl (C=O) groups excluding carboxylic acids is 2. The van der Waals surface area contributed by atoms with E-state index in [-0.39, 0.29) is 11.9 Å². The highest BCUT2D eigenvalue weighted by molar-refractivity contribution is 6.05. The van der Waals surface area contributed by atoms with Gasteiger partial charge in [-0.1, -0.05) is 48.5 Å². The molecular weight excluding hydrogens is 364 g/mol. The zero-order valence-corrected chi connectivity index (χ0v) is 17.1. The van der Waals surface area contributed by atoms with E-state index in [4.69, 9.17) is 9.47 Å². The summed E-state index contributed by atoms with van der Waals surface area (Å²) in [5, 5.41) is 1.87. The van der Waals surface area contributed by atoms with Crippen LogP contribution in [0.15, 0.2) is 66.7 Å². The van der Waals surface area contributed by atoms with Crippen LogP contribution in [0.25, 0.3) is 10.8 Å². The number of hydrogen-bond acceptors (Lipinski definition) is 4. The first-order chi connectivity index (χ1) is 13.8. The van der Waals surface area contributed by atoms with Crippen molar-refractivity contribution in [3.8, 4) is 5.75 Å². The van der Waals surface area contributed by atoms with Gasteiger partial charge in [0, 0.05) is 6.42 Å². The normalized spacial score (nSPS) is 11.3. The van der Waals surface area contributed by atoms with Crippen molar-refractivity contribution in [2.45, 2.75) is 45.6 Å². The fraction of sp³-hybridized carbons (Fsp3) is 0.280. The predicted octanol–water partition coefficient (Wildman–Crippen LogP) is 5.72. The molecule has 3 aromatic carbocycles.